The zero-order chi connectivity index (χ0) is 9.68. The molecule has 70 valence electrons. The Balaban J connectivity index is 2.83. The minimum Gasteiger partial charge on any atom is -0.490 e. The van der Waals surface area contributed by atoms with E-state index in [2.05, 4.69) is 16.5 Å². The SMILES string of the molecule is C=CCSc1ncc(OC)c(=O)[nH]1. The number of nitrogens with zero attached hydrogens (tertiary/aromatic N) is 1. The first-order valence-corrected chi connectivity index (χ1v) is 4.63. The summed E-state index contributed by atoms with van der Waals surface area (Å²) in [7, 11) is 1.43. The number of methoxy groups -OCH3 is 1. The molecule has 1 rings (SSSR count). The van der Waals surface area contributed by atoms with Gasteiger partial charge in [-0.25, -0.2) is 4.98 Å². The van der Waals surface area contributed by atoms with E-state index in [1.807, 2.05) is 0 Å². The first kappa shape index (κ1) is 9.85. The van der Waals surface area contributed by atoms with E-state index in [0.29, 0.717) is 5.16 Å². The van der Waals surface area contributed by atoms with Gasteiger partial charge in [-0.3, -0.25) is 9.78 Å². The standard InChI is InChI=1S/C8H10N2O2S/c1-3-4-13-8-9-5-6(12-2)7(11)10-8/h3,5H,1,4H2,2H3,(H,9,10,11). The van der Waals surface area contributed by atoms with E-state index in [1.165, 1.54) is 25.1 Å². The van der Waals surface area contributed by atoms with Crippen LogP contribution in [0.3, 0.4) is 0 Å². The molecule has 0 saturated heterocycles. The maximum absolute atomic E-state index is 11.2. The molecule has 0 spiro atoms. The number of H-pyrrole nitrogens is 1. The molecule has 5 heteroatoms. The summed E-state index contributed by atoms with van der Waals surface area (Å²) in [5.74, 6) is 0.942. The fraction of sp³-hybridized carbons (Fsp3) is 0.250. The summed E-state index contributed by atoms with van der Waals surface area (Å²) < 4.78 is 4.77. The van der Waals surface area contributed by atoms with Crippen molar-refractivity contribution in [3.63, 3.8) is 0 Å². The Labute approximate surface area is 80.0 Å². The number of rotatable bonds is 4. The third-order valence-electron chi connectivity index (χ3n) is 1.30. The zero-order valence-electron chi connectivity index (χ0n) is 7.24. The minimum atomic E-state index is -0.260. The second-order valence-corrected chi connectivity index (χ2v) is 3.19. The molecular formula is C8H10N2O2S. The predicted octanol–water partition coefficient (Wildman–Crippen LogP) is 1.06. The van der Waals surface area contributed by atoms with Gasteiger partial charge in [0.2, 0.25) is 5.75 Å². The van der Waals surface area contributed by atoms with Gasteiger partial charge in [-0.05, 0) is 0 Å². The number of aromatic amines is 1. The summed E-state index contributed by atoms with van der Waals surface area (Å²) in [5, 5.41) is 0.575. The normalized spacial score (nSPS) is 9.62. The Bertz CT molecular complexity index is 348. The van der Waals surface area contributed by atoms with Gasteiger partial charge in [-0.1, -0.05) is 17.8 Å². The predicted molar refractivity (Wildman–Crippen MR) is 52.3 cm³/mol. The van der Waals surface area contributed by atoms with Crippen LogP contribution in [0.4, 0.5) is 0 Å². The van der Waals surface area contributed by atoms with Crippen molar-refractivity contribution in [3.8, 4) is 5.75 Å². The van der Waals surface area contributed by atoms with Crippen molar-refractivity contribution < 1.29 is 4.74 Å². The van der Waals surface area contributed by atoms with Crippen molar-refractivity contribution in [2.75, 3.05) is 12.9 Å². The van der Waals surface area contributed by atoms with E-state index >= 15 is 0 Å². The van der Waals surface area contributed by atoms with Crippen LogP contribution in [0.1, 0.15) is 0 Å². The summed E-state index contributed by atoms with van der Waals surface area (Å²) in [6, 6.07) is 0. The molecule has 0 aliphatic rings. The van der Waals surface area contributed by atoms with Gasteiger partial charge in [0, 0.05) is 5.75 Å². The van der Waals surface area contributed by atoms with Crippen LogP contribution in [0, 0.1) is 0 Å². The molecule has 0 fully saturated rings. The third kappa shape index (κ3) is 2.62. The van der Waals surface area contributed by atoms with Crippen LogP contribution in [0.15, 0.2) is 28.8 Å². The Morgan fingerprint density at radius 1 is 1.85 bits per heavy atom. The highest BCUT2D eigenvalue weighted by atomic mass is 32.2. The van der Waals surface area contributed by atoms with E-state index in [4.69, 9.17) is 4.74 Å². The van der Waals surface area contributed by atoms with Gasteiger partial charge in [0.05, 0.1) is 13.3 Å². The van der Waals surface area contributed by atoms with Crippen LogP contribution in [0.2, 0.25) is 0 Å². The molecule has 1 aromatic rings. The topological polar surface area (TPSA) is 55.0 Å². The molecule has 0 amide bonds. The Hall–Kier alpha value is -1.23. The number of ether oxygens (including phenoxy) is 1. The first-order valence-electron chi connectivity index (χ1n) is 3.65. The molecule has 0 atom stereocenters. The maximum atomic E-state index is 11.2. The molecule has 1 aromatic heterocycles. The molecule has 13 heavy (non-hydrogen) atoms. The Morgan fingerprint density at radius 3 is 3.15 bits per heavy atom. The van der Waals surface area contributed by atoms with Crippen LogP contribution in [-0.4, -0.2) is 22.8 Å². The summed E-state index contributed by atoms with van der Waals surface area (Å²) in [6.45, 7) is 3.57. The molecular weight excluding hydrogens is 188 g/mol. The average molecular weight is 198 g/mol. The second-order valence-electron chi connectivity index (χ2n) is 2.19. The van der Waals surface area contributed by atoms with Crippen molar-refractivity contribution in [3.05, 3.63) is 29.2 Å². The monoisotopic (exact) mass is 198 g/mol. The lowest BCUT2D eigenvalue weighted by Gasteiger charge is -1.99. The lowest BCUT2D eigenvalue weighted by atomic mass is 10.6. The fourth-order valence-electron chi connectivity index (χ4n) is 0.723. The lowest BCUT2D eigenvalue weighted by molar-refractivity contribution is 0.404. The summed E-state index contributed by atoms with van der Waals surface area (Å²) in [5.41, 5.74) is -0.260. The van der Waals surface area contributed by atoms with Gasteiger partial charge in [-0.15, -0.1) is 6.58 Å². The van der Waals surface area contributed by atoms with E-state index in [9.17, 15) is 4.79 Å². The van der Waals surface area contributed by atoms with Gasteiger partial charge in [0.25, 0.3) is 5.56 Å². The molecule has 0 aromatic carbocycles. The molecule has 0 saturated carbocycles. The molecule has 0 aliphatic heterocycles. The molecule has 4 nitrogen and oxygen atoms in total. The maximum Gasteiger partial charge on any atom is 0.293 e. The third-order valence-corrected chi connectivity index (χ3v) is 2.18. The van der Waals surface area contributed by atoms with E-state index < -0.39 is 0 Å². The zero-order valence-corrected chi connectivity index (χ0v) is 8.06. The lowest BCUT2D eigenvalue weighted by Crippen LogP contribution is -2.10. The number of thioether (sulfide) groups is 1. The first-order chi connectivity index (χ1) is 6.27. The minimum absolute atomic E-state index is 0.225. The highest BCUT2D eigenvalue weighted by Gasteiger charge is 2.00. The van der Waals surface area contributed by atoms with E-state index in [1.54, 1.807) is 6.08 Å². The molecule has 0 bridgehead atoms. The van der Waals surface area contributed by atoms with E-state index in [-0.39, 0.29) is 11.3 Å². The number of nitrogens with one attached hydrogen (secondary N) is 1. The molecule has 0 aliphatic carbocycles. The quantitative estimate of drug-likeness (QED) is 0.446. The van der Waals surface area contributed by atoms with Crippen LogP contribution < -0.4 is 10.3 Å². The Kier molecular flexibility index (Phi) is 3.57. The average Bonchev–Trinajstić information content (AvgIpc) is 2.15. The summed E-state index contributed by atoms with van der Waals surface area (Å²) in [4.78, 5) is 17.7. The van der Waals surface area contributed by atoms with Crippen LogP contribution in [-0.2, 0) is 0 Å². The van der Waals surface area contributed by atoms with Gasteiger partial charge in [-0.2, -0.15) is 0 Å². The smallest absolute Gasteiger partial charge is 0.293 e. The van der Waals surface area contributed by atoms with Crippen LogP contribution >= 0.6 is 11.8 Å². The molecule has 0 unspecified atom stereocenters. The molecule has 1 heterocycles. The van der Waals surface area contributed by atoms with Crippen LogP contribution in [0.25, 0.3) is 0 Å². The summed E-state index contributed by atoms with van der Waals surface area (Å²) >= 11 is 1.41. The van der Waals surface area contributed by atoms with Crippen molar-refractivity contribution in [1.82, 2.24) is 9.97 Å². The van der Waals surface area contributed by atoms with Crippen molar-refractivity contribution in [2.45, 2.75) is 5.16 Å². The van der Waals surface area contributed by atoms with Gasteiger partial charge >= 0.3 is 0 Å². The number of aromatic nitrogens is 2. The van der Waals surface area contributed by atoms with Gasteiger partial charge < -0.3 is 4.74 Å². The second kappa shape index (κ2) is 4.71. The van der Waals surface area contributed by atoms with Crippen LogP contribution in [0.5, 0.6) is 5.75 Å². The van der Waals surface area contributed by atoms with Crippen molar-refractivity contribution >= 4 is 11.8 Å². The van der Waals surface area contributed by atoms with Crippen molar-refractivity contribution in [1.29, 1.82) is 0 Å². The highest BCUT2D eigenvalue weighted by Crippen LogP contribution is 2.11. The Morgan fingerprint density at radius 2 is 2.62 bits per heavy atom. The van der Waals surface area contributed by atoms with Gasteiger partial charge in [0.15, 0.2) is 5.16 Å². The largest absolute Gasteiger partial charge is 0.490 e. The highest BCUT2D eigenvalue weighted by molar-refractivity contribution is 7.99. The number of hydrogen-bond donors (Lipinski definition) is 1. The molecule has 0 radical (unpaired) electrons. The molecule has 1 N–H and O–H groups in total. The fourth-order valence-corrected chi connectivity index (χ4v) is 1.29. The van der Waals surface area contributed by atoms with Crippen molar-refractivity contribution in [2.24, 2.45) is 0 Å². The van der Waals surface area contributed by atoms with E-state index in [0.717, 1.165) is 5.75 Å². The number of hydrogen-bond acceptors (Lipinski definition) is 4. The van der Waals surface area contributed by atoms with Gasteiger partial charge in [0.1, 0.15) is 0 Å². The summed E-state index contributed by atoms with van der Waals surface area (Å²) in [6.07, 6.45) is 3.15.